The van der Waals surface area contributed by atoms with E-state index in [1.807, 2.05) is 12.1 Å². The molecule has 0 fully saturated rings. The first kappa shape index (κ1) is 18.2. The van der Waals surface area contributed by atoms with Gasteiger partial charge in [0.1, 0.15) is 5.92 Å². The summed E-state index contributed by atoms with van der Waals surface area (Å²) in [6, 6.07) is 8.25. The standard InChI is InChI=1S/C18H28N2O2/c1-7-13(2)15-10-8-14(9-11-15)12-16(17(21)19(3)4)18(22)20(5)6/h8-11,13,16H,7,12H2,1-6H3. The highest BCUT2D eigenvalue weighted by Crippen LogP contribution is 2.20. The van der Waals surface area contributed by atoms with Crippen LogP contribution in [0.4, 0.5) is 0 Å². The maximum Gasteiger partial charge on any atom is 0.234 e. The average molecular weight is 304 g/mol. The van der Waals surface area contributed by atoms with E-state index in [0.717, 1.165) is 12.0 Å². The highest BCUT2D eigenvalue weighted by Gasteiger charge is 2.29. The number of carbonyl (C=O) groups is 2. The van der Waals surface area contributed by atoms with Gasteiger partial charge < -0.3 is 9.80 Å². The Kier molecular flexibility index (Phi) is 6.60. The number of carbonyl (C=O) groups excluding carboxylic acids is 2. The minimum absolute atomic E-state index is 0.148. The Bertz CT molecular complexity index is 486. The van der Waals surface area contributed by atoms with Crippen LogP contribution < -0.4 is 0 Å². The van der Waals surface area contributed by atoms with Gasteiger partial charge in [-0.25, -0.2) is 0 Å². The molecule has 1 aromatic rings. The molecule has 1 unspecified atom stereocenters. The molecule has 2 amide bonds. The number of hydrogen-bond donors (Lipinski definition) is 0. The summed E-state index contributed by atoms with van der Waals surface area (Å²) in [6.45, 7) is 4.36. The van der Waals surface area contributed by atoms with Gasteiger partial charge in [-0.3, -0.25) is 9.59 Å². The van der Waals surface area contributed by atoms with Crippen LogP contribution in [0.5, 0.6) is 0 Å². The summed E-state index contributed by atoms with van der Waals surface area (Å²) in [7, 11) is 6.74. The van der Waals surface area contributed by atoms with E-state index in [1.165, 1.54) is 15.4 Å². The van der Waals surface area contributed by atoms with Crippen LogP contribution in [0.15, 0.2) is 24.3 Å². The van der Waals surface area contributed by atoms with Gasteiger partial charge in [0.25, 0.3) is 0 Å². The van der Waals surface area contributed by atoms with Crippen molar-refractivity contribution in [1.29, 1.82) is 0 Å². The molecule has 122 valence electrons. The Balaban J connectivity index is 2.94. The van der Waals surface area contributed by atoms with Crippen molar-refractivity contribution in [2.45, 2.75) is 32.6 Å². The summed E-state index contributed by atoms with van der Waals surface area (Å²) < 4.78 is 0. The number of hydrogen-bond acceptors (Lipinski definition) is 2. The van der Waals surface area contributed by atoms with Crippen molar-refractivity contribution in [1.82, 2.24) is 9.80 Å². The molecule has 0 radical (unpaired) electrons. The molecule has 22 heavy (non-hydrogen) atoms. The SMILES string of the molecule is CCC(C)c1ccc(CC(C(=O)N(C)C)C(=O)N(C)C)cc1. The molecular weight excluding hydrogens is 276 g/mol. The van der Waals surface area contributed by atoms with E-state index in [2.05, 4.69) is 26.0 Å². The third-order valence-corrected chi connectivity index (χ3v) is 4.08. The highest BCUT2D eigenvalue weighted by atomic mass is 16.2. The van der Waals surface area contributed by atoms with Gasteiger partial charge in [0.2, 0.25) is 11.8 Å². The molecule has 4 heteroatoms. The van der Waals surface area contributed by atoms with Crippen molar-refractivity contribution in [2.75, 3.05) is 28.2 Å². The van der Waals surface area contributed by atoms with Crippen LogP contribution in [0.1, 0.15) is 37.3 Å². The summed E-state index contributed by atoms with van der Waals surface area (Å²) in [5, 5.41) is 0. The van der Waals surface area contributed by atoms with E-state index in [-0.39, 0.29) is 11.8 Å². The Morgan fingerprint density at radius 1 is 0.955 bits per heavy atom. The maximum absolute atomic E-state index is 12.3. The Labute approximate surface area is 134 Å². The van der Waals surface area contributed by atoms with Crippen LogP contribution in [0.25, 0.3) is 0 Å². The lowest BCUT2D eigenvalue weighted by molar-refractivity contribution is -0.144. The second-order valence-corrected chi connectivity index (χ2v) is 6.27. The first-order valence-corrected chi connectivity index (χ1v) is 7.79. The number of benzene rings is 1. The van der Waals surface area contributed by atoms with Gasteiger partial charge >= 0.3 is 0 Å². The zero-order valence-electron chi connectivity index (χ0n) is 14.6. The summed E-state index contributed by atoms with van der Waals surface area (Å²) in [4.78, 5) is 27.6. The first-order chi connectivity index (χ1) is 10.3. The van der Waals surface area contributed by atoms with Crippen molar-refractivity contribution >= 4 is 11.8 Å². The summed E-state index contributed by atoms with van der Waals surface area (Å²) >= 11 is 0. The fourth-order valence-corrected chi connectivity index (χ4v) is 2.36. The second kappa shape index (κ2) is 7.97. The van der Waals surface area contributed by atoms with E-state index < -0.39 is 5.92 Å². The van der Waals surface area contributed by atoms with E-state index in [4.69, 9.17) is 0 Å². The molecule has 0 aliphatic rings. The van der Waals surface area contributed by atoms with Crippen LogP contribution in [-0.2, 0) is 16.0 Å². The fraction of sp³-hybridized carbons (Fsp3) is 0.556. The third kappa shape index (κ3) is 4.58. The molecule has 1 aromatic carbocycles. The van der Waals surface area contributed by atoms with Crippen molar-refractivity contribution in [3.05, 3.63) is 35.4 Å². The Morgan fingerprint density at radius 3 is 1.77 bits per heavy atom. The molecule has 4 nitrogen and oxygen atoms in total. The molecule has 0 saturated heterocycles. The predicted octanol–water partition coefficient (Wildman–Crippen LogP) is 2.54. The molecule has 0 bridgehead atoms. The van der Waals surface area contributed by atoms with E-state index >= 15 is 0 Å². The molecule has 0 N–H and O–H groups in total. The van der Waals surface area contributed by atoms with Gasteiger partial charge in [0.05, 0.1) is 0 Å². The molecule has 1 rings (SSSR count). The zero-order valence-corrected chi connectivity index (χ0v) is 14.6. The lowest BCUT2D eigenvalue weighted by Gasteiger charge is -2.23. The normalized spacial score (nSPS) is 12.1. The molecule has 0 aromatic heterocycles. The monoisotopic (exact) mass is 304 g/mol. The minimum Gasteiger partial charge on any atom is -0.348 e. The van der Waals surface area contributed by atoms with E-state index in [1.54, 1.807) is 28.2 Å². The predicted molar refractivity (Wildman–Crippen MR) is 89.7 cm³/mol. The van der Waals surface area contributed by atoms with Crippen LogP contribution in [0.3, 0.4) is 0 Å². The third-order valence-electron chi connectivity index (χ3n) is 4.08. The van der Waals surface area contributed by atoms with Crippen LogP contribution in [0, 0.1) is 5.92 Å². The summed E-state index contributed by atoms with van der Waals surface area (Å²) in [5.74, 6) is -0.425. The minimum atomic E-state index is -0.653. The molecule has 0 aliphatic carbocycles. The Morgan fingerprint density at radius 2 is 1.41 bits per heavy atom. The van der Waals surface area contributed by atoms with Crippen molar-refractivity contribution < 1.29 is 9.59 Å². The number of nitrogens with zero attached hydrogens (tertiary/aromatic N) is 2. The summed E-state index contributed by atoms with van der Waals surface area (Å²) in [6.07, 6.45) is 1.54. The van der Waals surface area contributed by atoms with E-state index in [9.17, 15) is 9.59 Å². The molecule has 1 atom stereocenters. The largest absolute Gasteiger partial charge is 0.348 e. The summed E-state index contributed by atoms with van der Waals surface area (Å²) in [5.41, 5.74) is 2.31. The van der Waals surface area contributed by atoms with Gasteiger partial charge in [-0.05, 0) is 29.9 Å². The topological polar surface area (TPSA) is 40.6 Å². The smallest absolute Gasteiger partial charge is 0.234 e. The van der Waals surface area contributed by atoms with Crippen LogP contribution in [0.2, 0.25) is 0 Å². The van der Waals surface area contributed by atoms with Gasteiger partial charge in [-0.15, -0.1) is 0 Å². The van der Waals surface area contributed by atoms with E-state index in [0.29, 0.717) is 12.3 Å². The van der Waals surface area contributed by atoms with Crippen LogP contribution in [-0.4, -0.2) is 49.8 Å². The van der Waals surface area contributed by atoms with Crippen LogP contribution >= 0.6 is 0 Å². The zero-order chi connectivity index (χ0) is 16.9. The number of amides is 2. The van der Waals surface area contributed by atoms with Crippen molar-refractivity contribution in [3.63, 3.8) is 0 Å². The quantitative estimate of drug-likeness (QED) is 0.758. The molecular formula is C18H28N2O2. The van der Waals surface area contributed by atoms with Crippen molar-refractivity contribution in [3.8, 4) is 0 Å². The molecule has 0 saturated carbocycles. The second-order valence-electron chi connectivity index (χ2n) is 6.27. The fourth-order valence-electron chi connectivity index (χ4n) is 2.36. The first-order valence-electron chi connectivity index (χ1n) is 7.79. The molecule has 0 heterocycles. The average Bonchev–Trinajstić information content (AvgIpc) is 2.50. The molecule has 0 aliphatic heterocycles. The van der Waals surface area contributed by atoms with Gasteiger partial charge in [0.15, 0.2) is 0 Å². The van der Waals surface area contributed by atoms with Gasteiger partial charge in [0, 0.05) is 28.2 Å². The Hall–Kier alpha value is -1.84. The van der Waals surface area contributed by atoms with Gasteiger partial charge in [-0.1, -0.05) is 38.1 Å². The number of rotatable bonds is 6. The molecule has 0 spiro atoms. The lowest BCUT2D eigenvalue weighted by atomic mass is 9.93. The highest BCUT2D eigenvalue weighted by molar-refractivity contribution is 6.00. The van der Waals surface area contributed by atoms with Gasteiger partial charge in [-0.2, -0.15) is 0 Å². The lowest BCUT2D eigenvalue weighted by Crippen LogP contribution is -2.41. The van der Waals surface area contributed by atoms with Crippen molar-refractivity contribution in [2.24, 2.45) is 5.92 Å². The maximum atomic E-state index is 12.3.